The highest BCUT2D eigenvalue weighted by molar-refractivity contribution is 7.81. The van der Waals surface area contributed by atoms with Crippen LogP contribution in [0.2, 0.25) is 0 Å². The number of hydrogen-bond acceptors (Lipinski definition) is 4. The Balaban J connectivity index is 2.29. The Morgan fingerprint density at radius 2 is 2.06 bits per heavy atom. The minimum atomic E-state index is -1.14. The maximum atomic E-state index is 12.7. The van der Waals surface area contributed by atoms with Crippen LogP contribution < -0.4 is 0 Å². The van der Waals surface area contributed by atoms with Gasteiger partial charge in [-0.2, -0.15) is 12.6 Å². The molecule has 1 aromatic heterocycles. The summed E-state index contributed by atoms with van der Waals surface area (Å²) in [6.07, 6.45) is 1.31. The van der Waals surface area contributed by atoms with E-state index in [9.17, 15) is 9.18 Å². The van der Waals surface area contributed by atoms with E-state index in [1.165, 1.54) is 30.5 Å². The van der Waals surface area contributed by atoms with Gasteiger partial charge in [-0.05, 0) is 24.3 Å². The van der Waals surface area contributed by atoms with Gasteiger partial charge in [-0.25, -0.2) is 9.37 Å². The molecule has 1 atom stereocenters. The topological polar surface area (TPSA) is 63.3 Å². The summed E-state index contributed by atoms with van der Waals surface area (Å²) in [5.74, 6) is -1.49. The van der Waals surface area contributed by atoms with E-state index in [2.05, 4.69) is 17.6 Å². The van der Waals surface area contributed by atoms with Crippen molar-refractivity contribution in [3.05, 3.63) is 42.2 Å². The van der Waals surface area contributed by atoms with Crippen LogP contribution in [0.1, 0.15) is 11.1 Å². The Hall–Kier alpha value is -1.82. The van der Waals surface area contributed by atoms with Crippen LogP contribution in [-0.2, 0) is 4.79 Å². The maximum absolute atomic E-state index is 12.7. The molecule has 17 heavy (non-hydrogen) atoms. The lowest BCUT2D eigenvalue weighted by molar-refractivity contribution is -0.136. The van der Waals surface area contributed by atoms with Gasteiger partial charge in [0.2, 0.25) is 5.89 Å². The van der Waals surface area contributed by atoms with Crippen molar-refractivity contribution in [2.45, 2.75) is 5.25 Å². The molecule has 0 radical (unpaired) electrons. The van der Waals surface area contributed by atoms with Gasteiger partial charge in [0.25, 0.3) is 0 Å². The molecule has 4 nitrogen and oxygen atoms in total. The van der Waals surface area contributed by atoms with E-state index in [0.29, 0.717) is 11.3 Å². The number of oxazole rings is 1. The number of nitrogens with zero attached hydrogens (tertiary/aromatic N) is 1. The van der Waals surface area contributed by atoms with Crippen LogP contribution in [0.5, 0.6) is 0 Å². The Morgan fingerprint density at radius 3 is 2.65 bits per heavy atom. The Bertz CT molecular complexity index is 538. The summed E-state index contributed by atoms with van der Waals surface area (Å²) in [4.78, 5) is 14.6. The molecule has 0 fully saturated rings. The molecule has 0 saturated heterocycles. The fourth-order valence-electron chi connectivity index (χ4n) is 1.27. The third-order valence-electron chi connectivity index (χ3n) is 2.13. The smallest absolute Gasteiger partial charge is 0.325 e. The lowest BCUT2D eigenvalue weighted by atomic mass is 10.2. The third-order valence-corrected chi connectivity index (χ3v) is 2.57. The molecule has 0 aliphatic heterocycles. The fourth-order valence-corrected chi connectivity index (χ4v) is 1.39. The molecular formula is C11H8FNO3S. The predicted octanol–water partition coefficient (Wildman–Crippen LogP) is 2.54. The zero-order valence-corrected chi connectivity index (χ0v) is 9.39. The maximum Gasteiger partial charge on any atom is 0.325 e. The summed E-state index contributed by atoms with van der Waals surface area (Å²) in [6.45, 7) is 0. The number of aromatic nitrogens is 1. The van der Waals surface area contributed by atoms with Gasteiger partial charge in [0.05, 0.1) is 0 Å². The molecule has 2 aromatic rings. The predicted molar refractivity (Wildman–Crippen MR) is 61.3 cm³/mol. The summed E-state index contributed by atoms with van der Waals surface area (Å²) in [5.41, 5.74) is 1.09. The molecule has 0 aliphatic carbocycles. The van der Waals surface area contributed by atoms with Crippen LogP contribution >= 0.6 is 12.6 Å². The number of benzene rings is 1. The number of halogens is 1. The summed E-state index contributed by atoms with van der Waals surface area (Å²) >= 11 is 3.84. The first-order valence-electron chi connectivity index (χ1n) is 4.70. The number of thiol groups is 1. The highest BCUT2D eigenvalue weighted by atomic mass is 32.1. The second-order valence-corrected chi connectivity index (χ2v) is 3.84. The number of carboxylic acids is 1. The average Bonchev–Trinajstić information content (AvgIpc) is 2.78. The van der Waals surface area contributed by atoms with Crippen LogP contribution in [-0.4, -0.2) is 16.1 Å². The van der Waals surface area contributed by atoms with Crippen LogP contribution in [0.3, 0.4) is 0 Å². The molecule has 1 heterocycles. The molecule has 0 spiro atoms. The van der Waals surface area contributed by atoms with Crippen molar-refractivity contribution >= 4 is 18.6 Å². The number of rotatable bonds is 3. The van der Waals surface area contributed by atoms with E-state index in [0.717, 1.165) is 0 Å². The molecule has 6 heteroatoms. The number of aliphatic carboxylic acids is 1. The van der Waals surface area contributed by atoms with Crippen LogP contribution in [0, 0.1) is 5.82 Å². The van der Waals surface area contributed by atoms with Gasteiger partial charge in [-0.15, -0.1) is 0 Å². The minimum Gasteiger partial charge on any atom is -0.480 e. The van der Waals surface area contributed by atoms with Crippen LogP contribution in [0.15, 0.2) is 34.9 Å². The summed E-state index contributed by atoms with van der Waals surface area (Å²) in [7, 11) is 0. The van der Waals surface area contributed by atoms with E-state index in [1.54, 1.807) is 0 Å². The third kappa shape index (κ3) is 2.47. The van der Waals surface area contributed by atoms with Crippen molar-refractivity contribution in [3.8, 4) is 11.3 Å². The van der Waals surface area contributed by atoms with Crippen molar-refractivity contribution < 1.29 is 18.7 Å². The van der Waals surface area contributed by atoms with E-state index < -0.39 is 11.2 Å². The van der Waals surface area contributed by atoms with Gasteiger partial charge in [0.15, 0.2) is 5.25 Å². The SMILES string of the molecule is O=C(O)C(S)c1nc(-c2ccc(F)cc2)co1. The van der Waals surface area contributed by atoms with Gasteiger partial charge < -0.3 is 9.52 Å². The van der Waals surface area contributed by atoms with Gasteiger partial charge >= 0.3 is 5.97 Å². The zero-order valence-electron chi connectivity index (χ0n) is 8.50. The molecular weight excluding hydrogens is 245 g/mol. The normalized spacial score (nSPS) is 12.4. The molecule has 1 aromatic carbocycles. The first-order valence-corrected chi connectivity index (χ1v) is 5.22. The van der Waals surface area contributed by atoms with E-state index >= 15 is 0 Å². The molecule has 0 aliphatic rings. The van der Waals surface area contributed by atoms with Gasteiger partial charge in [-0.3, -0.25) is 4.79 Å². The molecule has 1 unspecified atom stereocenters. The average molecular weight is 253 g/mol. The fraction of sp³-hybridized carbons (Fsp3) is 0.0909. The Labute approximate surface area is 102 Å². The van der Waals surface area contributed by atoms with Gasteiger partial charge in [0.1, 0.15) is 17.8 Å². The Morgan fingerprint density at radius 1 is 1.41 bits per heavy atom. The van der Waals surface area contributed by atoms with Crippen molar-refractivity contribution in [3.63, 3.8) is 0 Å². The van der Waals surface area contributed by atoms with E-state index in [4.69, 9.17) is 9.52 Å². The first-order chi connectivity index (χ1) is 8.08. The van der Waals surface area contributed by atoms with Gasteiger partial charge in [0, 0.05) is 5.56 Å². The highest BCUT2D eigenvalue weighted by Gasteiger charge is 2.20. The second kappa shape index (κ2) is 4.58. The number of carbonyl (C=O) groups is 1. The molecule has 1 N–H and O–H groups in total. The minimum absolute atomic E-state index is 0.000147. The van der Waals surface area contributed by atoms with Crippen molar-refractivity contribution in [2.24, 2.45) is 0 Å². The number of hydrogen-bond donors (Lipinski definition) is 2. The highest BCUT2D eigenvalue weighted by Crippen LogP contribution is 2.24. The molecule has 0 amide bonds. The zero-order chi connectivity index (χ0) is 12.4. The Kier molecular flexibility index (Phi) is 3.14. The molecule has 0 bridgehead atoms. The largest absolute Gasteiger partial charge is 0.480 e. The second-order valence-electron chi connectivity index (χ2n) is 3.32. The van der Waals surface area contributed by atoms with E-state index in [1.807, 2.05) is 0 Å². The van der Waals surface area contributed by atoms with E-state index in [-0.39, 0.29) is 11.7 Å². The van der Waals surface area contributed by atoms with Crippen LogP contribution in [0.25, 0.3) is 11.3 Å². The molecule has 0 saturated carbocycles. The number of carboxylic acid groups (broad SMARTS) is 1. The van der Waals surface area contributed by atoms with Crippen molar-refractivity contribution in [1.82, 2.24) is 4.98 Å². The molecule has 2 rings (SSSR count). The summed E-state index contributed by atoms with van der Waals surface area (Å²) in [6, 6.07) is 5.65. The molecule has 88 valence electrons. The lowest BCUT2D eigenvalue weighted by Crippen LogP contribution is -2.05. The quantitative estimate of drug-likeness (QED) is 0.825. The monoisotopic (exact) mass is 253 g/mol. The lowest BCUT2D eigenvalue weighted by Gasteiger charge is -1.97. The summed E-state index contributed by atoms with van der Waals surface area (Å²) in [5, 5.41) is 7.62. The first kappa shape index (κ1) is 11.7. The van der Waals surface area contributed by atoms with Crippen LogP contribution in [0.4, 0.5) is 4.39 Å². The van der Waals surface area contributed by atoms with Crippen molar-refractivity contribution in [2.75, 3.05) is 0 Å². The van der Waals surface area contributed by atoms with Gasteiger partial charge in [-0.1, -0.05) is 0 Å². The van der Waals surface area contributed by atoms with Crippen molar-refractivity contribution in [1.29, 1.82) is 0 Å². The standard InChI is InChI=1S/C11H8FNO3S/c12-7-3-1-6(2-4-7)8-5-16-10(13-8)9(17)11(14)15/h1-5,9,17H,(H,14,15). The summed E-state index contributed by atoms with van der Waals surface area (Å²) < 4.78 is 17.7.